The number of rotatable bonds is 5. The van der Waals surface area contributed by atoms with E-state index < -0.39 is 41.8 Å². The highest BCUT2D eigenvalue weighted by atomic mass is 35.5. The Hall–Kier alpha value is -1.28. The number of aliphatic hydroxyl groups excluding tert-OH is 2. The average molecular weight is 349 g/mol. The predicted molar refractivity (Wildman–Crippen MR) is 80.6 cm³/mol. The first-order valence-corrected chi connectivity index (χ1v) is 7.61. The topological polar surface area (TPSA) is 72.8 Å². The number of carbonyl (C=O) groups is 1. The fraction of sp³-hybridized carbons (Fsp3) is 0.533. The summed E-state index contributed by atoms with van der Waals surface area (Å²) >= 11 is 5.97. The lowest BCUT2D eigenvalue weighted by Gasteiger charge is -2.32. The van der Waals surface area contributed by atoms with E-state index >= 15 is 0 Å². The second kappa shape index (κ2) is 7.53. The number of benzene rings is 1. The lowest BCUT2D eigenvalue weighted by atomic mass is 9.95. The first-order chi connectivity index (χ1) is 10.8. The van der Waals surface area contributed by atoms with Gasteiger partial charge >= 0.3 is 0 Å². The Bertz CT molecular complexity index is 555. The number of aliphatic hydroxyl groups is 2. The van der Waals surface area contributed by atoms with Gasteiger partial charge in [0.15, 0.2) is 0 Å². The van der Waals surface area contributed by atoms with E-state index in [0.717, 1.165) is 22.6 Å². The predicted octanol–water partition coefficient (Wildman–Crippen LogP) is 0.962. The van der Waals surface area contributed by atoms with E-state index in [2.05, 4.69) is 5.32 Å². The van der Waals surface area contributed by atoms with Crippen LogP contribution in [0.1, 0.15) is 18.9 Å². The molecule has 5 nitrogen and oxygen atoms in total. The van der Waals surface area contributed by atoms with Crippen molar-refractivity contribution in [2.45, 2.75) is 44.1 Å². The van der Waals surface area contributed by atoms with Gasteiger partial charge in [-0.25, -0.2) is 13.2 Å². The highest BCUT2D eigenvalue weighted by molar-refractivity contribution is 6.21. The smallest absolute Gasteiger partial charge is 0.234 e. The average Bonchev–Trinajstić information content (AvgIpc) is 2.89. The third kappa shape index (κ3) is 4.60. The summed E-state index contributed by atoms with van der Waals surface area (Å²) in [6, 6.07) is 1.65. The molecule has 2 rings (SSSR count). The van der Waals surface area contributed by atoms with Gasteiger partial charge in [-0.2, -0.15) is 0 Å². The van der Waals surface area contributed by atoms with E-state index in [1.165, 1.54) is 6.92 Å². The maximum atomic E-state index is 13.3. The van der Waals surface area contributed by atoms with Crippen LogP contribution >= 0.6 is 11.8 Å². The molecule has 1 aliphatic rings. The maximum absolute atomic E-state index is 13.3. The van der Waals surface area contributed by atoms with E-state index in [9.17, 15) is 23.8 Å². The second-order valence-electron chi connectivity index (χ2n) is 5.77. The molecule has 1 saturated heterocycles. The summed E-state index contributed by atoms with van der Waals surface area (Å²) in [6.45, 7) is 1.56. The molecule has 1 heterocycles. The largest absolute Gasteiger partial charge is 0.392 e. The SMILES string of the molecule is CC(=O)N(Cl)[C@@H](Cc1cc(F)cc(F)c1)[C@H](O)[C@H]1C[C@@H](O)CN1. The van der Waals surface area contributed by atoms with Crippen molar-refractivity contribution in [3.63, 3.8) is 0 Å². The molecular formula is C15H19ClF2N2O3. The van der Waals surface area contributed by atoms with Crippen LogP contribution in [0.15, 0.2) is 18.2 Å². The Morgan fingerprint density at radius 1 is 1.43 bits per heavy atom. The summed E-state index contributed by atoms with van der Waals surface area (Å²) < 4.78 is 27.5. The molecule has 8 heteroatoms. The van der Waals surface area contributed by atoms with Gasteiger partial charge in [-0.3, -0.25) is 4.79 Å². The lowest BCUT2D eigenvalue weighted by Crippen LogP contribution is -2.50. The molecule has 0 bridgehead atoms. The van der Waals surface area contributed by atoms with Gasteiger partial charge in [-0.05, 0) is 30.5 Å². The van der Waals surface area contributed by atoms with Crippen LogP contribution in [0.2, 0.25) is 0 Å². The second-order valence-corrected chi connectivity index (χ2v) is 6.14. The van der Waals surface area contributed by atoms with E-state index in [1.54, 1.807) is 0 Å². The summed E-state index contributed by atoms with van der Waals surface area (Å²) in [5, 5.41) is 23.0. The molecule has 1 fully saturated rings. The number of carbonyl (C=O) groups excluding carboxylic acids is 1. The molecule has 0 aromatic heterocycles. The zero-order chi connectivity index (χ0) is 17.1. The summed E-state index contributed by atoms with van der Waals surface area (Å²) in [4.78, 5) is 11.6. The standard InChI is InChI=1S/C15H19ClF2N2O3/c1-8(21)20(16)14(15(23)13-6-12(22)7-19-13)4-9-2-10(17)5-11(18)3-9/h2-3,5,12-15,19,22-23H,4,6-7H2,1H3/t12-,13-,14+,15-/m1/s1. The highest BCUT2D eigenvalue weighted by Crippen LogP contribution is 2.22. The van der Waals surface area contributed by atoms with E-state index in [-0.39, 0.29) is 12.0 Å². The quantitative estimate of drug-likeness (QED) is 0.693. The Labute approximate surface area is 138 Å². The molecule has 1 aliphatic heterocycles. The summed E-state index contributed by atoms with van der Waals surface area (Å²) in [5.74, 6) is -1.98. The summed E-state index contributed by atoms with van der Waals surface area (Å²) in [5.41, 5.74) is 0.275. The van der Waals surface area contributed by atoms with Gasteiger partial charge in [0, 0.05) is 37.4 Å². The zero-order valence-corrected chi connectivity index (χ0v) is 13.3. The number of nitrogens with one attached hydrogen (secondary N) is 1. The Morgan fingerprint density at radius 2 is 2.04 bits per heavy atom. The van der Waals surface area contributed by atoms with Gasteiger partial charge < -0.3 is 15.5 Å². The minimum absolute atomic E-state index is 0.0206. The molecule has 128 valence electrons. The van der Waals surface area contributed by atoms with Crippen LogP contribution in [0.5, 0.6) is 0 Å². The number of β-amino-alcohol motifs (C(OH)–C–C–N with tert-alkyl or cyclic N) is 1. The van der Waals surface area contributed by atoms with Crippen molar-refractivity contribution >= 4 is 17.7 Å². The van der Waals surface area contributed by atoms with Crippen molar-refractivity contribution < 1.29 is 23.8 Å². The van der Waals surface area contributed by atoms with Crippen molar-refractivity contribution in [1.82, 2.24) is 9.74 Å². The molecule has 23 heavy (non-hydrogen) atoms. The van der Waals surface area contributed by atoms with Crippen LogP contribution in [-0.2, 0) is 11.2 Å². The number of halogens is 3. The molecule has 4 atom stereocenters. The molecule has 1 aromatic rings. The molecule has 0 aliphatic carbocycles. The monoisotopic (exact) mass is 348 g/mol. The fourth-order valence-corrected chi connectivity index (χ4v) is 3.00. The van der Waals surface area contributed by atoms with Crippen molar-refractivity contribution in [3.05, 3.63) is 35.4 Å². The lowest BCUT2D eigenvalue weighted by molar-refractivity contribution is -0.127. The molecule has 1 aromatic carbocycles. The third-order valence-corrected chi connectivity index (χ3v) is 4.40. The van der Waals surface area contributed by atoms with Crippen LogP contribution in [0.25, 0.3) is 0 Å². The van der Waals surface area contributed by atoms with Gasteiger partial charge in [0.05, 0.1) is 18.2 Å². The van der Waals surface area contributed by atoms with Gasteiger partial charge in [-0.15, -0.1) is 0 Å². The van der Waals surface area contributed by atoms with Gasteiger partial charge in [0.2, 0.25) is 5.91 Å². The third-order valence-electron chi connectivity index (χ3n) is 3.91. The number of hydrogen-bond donors (Lipinski definition) is 3. The van der Waals surface area contributed by atoms with E-state index in [4.69, 9.17) is 11.8 Å². The summed E-state index contributed by atoms with van der Waals surface area (Å²) in [7, 11) is 0. The van der Waals surface area contributed by atoms with Crippen LogP contribution in [-0.4, -0.2) is 51.4 Å². The first kappa shape index (κ1) is 18.1. The highest BCUT2D eigenvalue weighted by Gasteiger charge is 2.37. The molecule has 0 saturated carbocycles. The zero-order valence-electron chi connectivity index (χ0n) is 12.5. The van der Waals surface area contributed by atoms with Crippen molar-refractivity contribution in [3.8, 4) is 0 Å². The fourth-order valence-electron chi connectivity index (χ4n) is 2.81. The molecule has 0 radical (unpaired) electrons. The Morgan fingerprint density at radius 3 is 2.52 bits per heavy atom. The molecular weight excluding hydrogens is 330 g/mol. The van der Waals surface area contributed by atoms with Crippen LogP contribution in [0.4, 0.5) is 8.78 Å². The summed E-state index contributed by atoms with van der Waals surface area (Å²) in [6.07, 6.45) is -1.41. The number of amides is 1. The van der Waals surface area contributed by atoms with Crippen molar-refractivity contribution in [2.75, 3.05) is 6.54 Å². The normalized spacial score (nSPS) is 23.6. The van der Waals surface area contributed by atoms with E-state index in [0.29, 0.717) is 13.0 Å². The Balaban J connectivity index is 2.21. The van der Waals surface area contributed by atoms with E-state index in [1.807, 2.05) is 0 Å². The van der Waals surface area contributed by atoms with Gasteiger partial charge in [0.1, 0.15) is 11.6 Å². The van der Waals surface area contributed by atoms with Crippen molar-refractivity contribution in [1.29, 1.82) is 0 Å². The number of hydrogen-bond acceptors (Lipinski definition) is 4. The minimum atomic E-state index is -1.10. The Kier molecular flexibility index (Phi) is 5.91. The van der Waals surface area contributed by atoms with Crippen LogP contribution in [0, 0.1) is 11.6 Å². The van der Waals surface area contributed by atoms with Crippen molar-refractivity contribution in [2.24, 2.45) is 0 Å². The minimum Gasteiger partial charge on any atom is -0.392 e. The van der Waals surface area contributed by atoms with Crippen LogP contribution in [0.3, 0.4) is 0 Å². The van der Waals surface area contributed by atoms with Gasteiger partial charge in [-0.1, -0.05) is 0 Å². The molecule has 0 unspecified atom stereocenters. The number of nitrogens with zero attached hydrogens (tertiary/aromatic N) is 1. The molecule has 1 amide bonds. The first-order valence-electron chi connectivity index (χ1n) is 7.28. The van der Waals surface area contributed by atoms with Gasteiger partial charge in [0.25, 0.3) is 0 Å². The molecule has 0 spiro atoms. The van der Waals surface area contributed by atoms with Crippen LogP contribution < -0.4 is 5.32 Å². The molecule has 3 N–H and O–H groups in total. The maximum Gasteiger partial charge on any atom is 0.234 e.